The molecule has 1 heterocycles. The number of hydrogen-bond donors (Lipinski definition) is 1. The molecule has 1 unspecified atom stereocenters. The summed E-state index contributed by atoms with van der Waals surface area (Å²) in [7, 11) is 1.78. The van der Waals surface area contributed by atoms with Gasteiger partial charge < -0.3 is 5.11 Å². The van der Waals surface area contributed by atoms with Gasteiger partial charge in [0.05, 0.1) is 22.3 Å². The molecule has 0 fully saturated rings. The number of aryl methyl sites for hydroxylation is 2. The third kappa shape index (κ3) is 3.66. The molecule has 0 aliphatic rings. The number of carboxylic acids is 1. The summed E-state index contributed by atoms with van der Waals surface area (Å²) in [6.07, 6.45) is 0.796. The van der Waals surface area contributed by atoms with Crippen molar-refractivity contribution in [2.24, 2.45) is 13.0 Å². The smallest absolute Gasteiger partial charge is 0.307 e. The van der Waals surface area contributed by atoms with Gasteiger partial charge in [-0.3, -0.25) is 9.48 Å². The lowest BCUT2D eigenvalue weighted by Gasteiger charge is -2.14. The molecule has 0 radical (unpaired) electrons. The van der Waals surface area contributed by atoms with Crippen molar-refractivity contribution >= 4 is 33.5 Å². The fraction of sp³-hybridized carbons (Fsp3) is 0.333. The predicted octanol–water partition coefficient (Wildman–Crippen LogP) is 3.63. The largest absolute Gasteiger partial charge is 0.481 e. The summed E-state index contributed by atoms with van der Waals surface area (Å²) in [6, 6.07) is 7.65. The van der Waals surface area contributed by atoms with Crippen LogP contribution in [-0.4, -0.2) is 20.9 Å². The molecule has 0 spiro atoms. The Balaban J connectivity index is 2.24. The van der Waals surface area contributed by atoms with Crippen LogP contribution in [-0.2, 0) is 24.7 Å². The zero-order chi connectivity index (χ0) is 15.6. The first-order valence-electron chi connectivity index (χ1n) is 6.54. The highest BCUT2D eigenvalue weighted by Crippen LogP contribution is 2.26. The Bertz CT molecular complexity index is 670. The van der Waals surface area contributed by atoms with Gasteiger partial charge in [-0.25, -0.2) is 0 Å². The van der Waals surface area contributed by atoms with Gasteiger partial charge in [-0.1, -0.05) is 45.7 Å². The summed E-state index contributed by atoms with van der Waals surface area (Å²) in [4.78, 5) is 11.6. The number of aliphatic carboxylic acids is 1. The fourth-order valence-electron chi connectivity index (χ4n) is 2.31. The number of halogens is 2. The minimum atomic E-state index is -0.833. The fourth-order valence-corrected chi connectivity index (χ4v) is 3.00. The lowest BCUT2D eigenvalue weighted by molar-refractivity contribution is -0.141. The maximum atomic E-state index is 11.6. The van der Waals surface area contributed by atoms with Crippen LogP contribution in [0.4, 0.5) is 0 Å². The van der Waals surface area contributed by atoms with E-state index in [0.717, 1.165) is 21.4 Å². The highest BCUT2D eigenvalue weighted by atomic mass is 79.9. The van der Waals surface area contributed by atoms with E-state index in [2.05, 4.69) is 21.0 Å². The van der Waals surface area contributed by atoms with Gasteiger partial charge in [-0.15, -0.1) is 0 Å². The van der Waals surface area contributed by atoms with Gasteiger partial charge in [0.25, 0.3) is 0 Å². The number of carboxylic acid groups (broad SMARTS) is 1. The lowest BCUT2D eigenvalue weighted by Crippen LogP contribution is -2.21. The first kappa shape index (κ1) is 16.0. The molecule has 0 saturated carbocycles. The molecular formula is C15H16BrClN2O2. The zero-order valence-electron chi connectivity index (χ0n) is 11.8. The average Bonchev–Trinajstić information content (AvgIpc) is 2.66. The van der Waals surface area contributed by atoms with E-state index in [1.165, 1.54) is 0 Å². The summed E-state index contributed by atoms with van der Waals surface area (Å²) in [5, 5.41) is 14.3. The van der Waals surface area contributed by atoms with Gasteiger partial charge in [-0.05, 0) is 25.0 Å². The van der Waals surface area contributed by atoms with E-state index in [0.29, 0.717) is 17.9 Å². The number of aromatic nitrogens is 2. The van der Waals surface area contributed by atoms with Crippen molar-refractivity contribution < 1.29 is 9.90 Å². The molecule has 0 saturated heterocycles. The zero-order valence-corrected chi connectivity index (χ0v) is 14.1. The molecule has 21 heavy (non-hydrogen) atoms. The minimum Gasteiger partial charge on any atom is -0.481 e. The first-order chi connectivity index (χ1) is 9.90. The molecule has 2 rings (SSSR count). The Labute approximate surface area is 136 Å². The van der Waals surface area contributed by atoms with Crippen molar-refractivity contribution in [2.75, 3.05) is 0 Å². The van der Waals surface area contributed by atoms with Crippen LogP contribution in [0.5, 0.6) is 0 Å². The summed E-state index contributed by atoms with van der Waals surface area (Å²) >= 11 is 9.67. The minimum absolute atomic E-state index is 0.354. The number of carbonyl (C=O) groups is 1. The Kier molecular flexibility index (Phi) is 5.06. The molecular weight excluding hydrogens is 356 g/mol. The summed E-state index contributed by atoms with van der Waals surface area (Å²) in [6.45, 7) is 1.81. The predicted molar refractivity (Wildman–Crippen MR) is 85.6 cm³/mol. The third-order valence-corrected chi connectivity index (χ3v) is 4.74. The number of hydrogen-bond acceptors (Lipinski definition) is 2. The second kappa shape index (κ2) is 6.62. The van der Waals surface area contributed by atoms with E-state index in [1.807, 2.05) is 31.2 Å². The van der Waals surface area contributed by atoms with Gasteiger partial charge in [0, 0.05) is 17.9 Å². The van der Waals surface area contributed by atoms with E-state index < -0.39 is 11.9 Å². The molecule has 1 aromatic carbocycles. The van der Waals surface area contributed by atoms with Gasteiger partial charge in [0.2, 0.25) is 0 Å². The molecule has 0 amide bonds. The number of rotatable bonds is 5. The molecule has 6 heteroatoms. The molecule has 1 atom stereocenters. The quantitative estimate of drug-likeness (QED) is 0.873. The summed E-state index contributed by atoms with van der Waals surface area (Å²) in [5.41, 5.74) is 2.45. The van der Waals surface area contributed by atoms with Crippen LogP contribution in [0.2, 0.25) is 5.02 Å². The highest BCUT2D eigenvalue weighted by Gasteiger charge is 2.23. The molecule has 2 aromatic rings. The third-order valence-electron chi connectivity index (χ3n) is 3.47. The van der Waals surface area contributed by atoms with E-state index >= 15 is 0 Å². The van der Waals surface area contributed by atoms with Crippen LogP contribution in [0.25, 0.3) is 0 Å². The summed E-state index contributed by atoms with van der Waals surface area (Å²) < 4.78 is 2.58. The van der Waals surface area contributed by atoms with Crippen molar-refractivity contribution in [3.05, 3.63) is 50.7 Å². The highest BCUT2D eigenvalue weighted by molar-refractivity contribution is 9.10. The normalized spacial score (nSPS) is 12.4. The topological polar surface area (TPSA) is 55.1 Å². The SMILES string of the molecule is Cc1nn(C)c(CC(Cc2ccccc2Br)C(=O)O)c1Cl. The van der Waals surface area contributed by atoms with Crippen molar-refractivity contribution in [3.8, 4) is 0 Å². The van der Waals surface area contributed by atoms with Gasteiger partial charge in [0.15, 0.2) is 0 Å². The van der Waals surface area contributed by atoms with Crippen LogP contribution in [0, 0.1) is 12.8 Å². The van der Waals surface area contributed by atoms with Crippen LogP contribution in [0.15, 0.2) is 28.7 Å². The molecule has 0 aliphatic carbocycles. The first-order valence-corrected chi connectivity index (χ1v) is 7.71. The van der Waals surface area contributed by atoms with Gasteiger partial charge in [-0.2, -0.15) is 5.10 Å². The van der Waals surface area contributed by atoms with Crippen LogP contribution in [0.3, 0.4) is 0 Å². The molecule has 0 aliphatic heterocycles. The van der Waals surface area contributed by atoms with E-state index in [1.54, 1.807) is 11.7 Å². The van der Waals surface area contributed by atoms with Crippen molar-refractivity contribution in [1.29, 1.82) is 0 Å². The maximum Gasteiger partial charge on any atom is 0.307 e. The van der Waals surface area contributed by atoms with Crippen molar-refractivity contribution in [1.82, 2.24) is 9.78 Å². The van der Waals surface area contributed by atoms with E-state index in [-0.39, 0.29) is 0 Å². The van der Waals surface area contributed by atoms with Crippen molar-refractivity contribution in [3.63, 3.8) is 0 Å². The van der Waals surface area contributed by atoms with E-state index in [4.69, 9.17) is 11.6 Å². The molecule has 1 N–H and O–H groups in total. The Morgan fingerprint density at radius 1 is 1.43 bits per heavy atom. The van der Waals surface area contributed by atoms with Crippen LogP contribution >= 0.6 is 27.5 Å². The van der Waals surface area contributed by atoms with Gasteiger partial charge >= 0.3 is 5.97 Å². The van der Waals surface area contributed by atoms with Crippen LogP contribution in [0.1, 0.15) is 17.0 Å². The number of nitrogens with zero attached hydrogens (tertiary/aromatic N) is 2. The molecule has 0 bridgehead atoms. The number of benzene rings is 1. The second-order valence-electron chi connectivity index (χ2n) is 5.00. The molecule has 112 valence electrons. The monoisotopic (exact) mass is 370 g/mol. The summed E-state index contributed by atoms with van der Waals surface area (Å²) in [5.74, 6) is -1.38. The standard InChI is InChI=1S/C15H16BrClN2O2/c1-9-14(17)13(19(2)18-9)8-11(15(20)21)7-10-5-3-4-6-12(10)16/h3-6,11H,7-8H2,1-2H3,(H,20,21). The Morgan fingerprint density at radius 2 is 2.10 bits per heavy atom. The molecule has 1 aromatic heterocycles. The Hall–Kier alpha value is -1.33. The van der Waals surface area contributed by atoms with Crippen molar-refractivity contribution in [2.45, 2.75) is 19.8 Å². The average molecular weight is 372 g/mol. The second-order valence-corrected chi connectivity index (χ2v) is 6.24. The van der Waals surface area contributed by atoms with Crippen LogP contribution < -0.4 is 0 Å². The lowest BCUT2D eigenvalue weighted by atomic mass is 9.94. The molecule has 4 nitrogen and oxygen atoms in total. The van der Waals surface area contributed by atoms with E-state index in [9.17, 15) is 9.90 Å². The maximum absolute atomic E-state index is 11.6. The Morgan fingerprint density at radius 3 is 2.62 bits per heavy atom. The van der Waals surface area contributed by atoms with Gasteiger partial charge in [0.1, 0.15) is 0 Å².